The first-order valence-electron chi connectivity index (χ1n) is 6.17. The van der Waals surface area contributed by atoms with Crippen LogP contribution >= 0.6 is 0 Å². The monoisotopic (exact) mass is 248 g/mol. The molecule has 1 aromatic carbocycles. The van der Waals surface area contributed by atoms with Gasteiger partial charge in [-0.2, -0.15) is 0 Å². The first-order chi connectivity index (χ1) is 8.77. The average molecular weight is 248 g/mol. The molecule has 5 heteroatoms. The number of para-hydroxylation sites is 1. The molecule has 1 atom stereocenters. The van der Waals surface area contributed by atoms with E-state index in [2.05, 4.69) is 5.32 Å². The molecule has 2 aliphatic rings. The summed E-state index contributed by atoms with van der Waals surface area (Å²) < 4.78 is 10.7. The van der Waals surface area contributed by atoms with Gasteiger partial charge in [-0.25, -0.2) is 0 Å². The molecule has 0 saturated carbocycles. The van der Waals surface area contributed by atoms with Gasteiger partial charge in [-0.05, 0) is 19.1 Å². The number of fused-ring (bicyclic) bond motifs is 1. The number of amides is 1. The highest BCUT2D eigenvalue weighted by atomic mass is 16.7. The molecule has 0 radical (unpaired) electrons. The Hall–Kier alpha value is -1.75. The summed E-state index contributed by atoms with van der Waals surface area (Å²) in [5.41, 5.74) is 0.596. The van der Waals surface area contributed by atoms with Crippen LogP contribution in [0, 0.1) is 0 Å². The molecule has 96 valence electrons. The number of benzene rings is 1. The number of nitrogens with one attached hydrogen (secondary N) is 1. The average Bonchev–Trinajstić information content (AvgIpc) is 2.86. The maximum atomic E-state index is 12.5. The second-order valence-electron chi connectivity index (χ2n) is 4.59. The molecule has 18 heavy (non-hydrogen) atoms. The van der Waals surface area contributed by atoms with Crippen molar-refractivity contribution in [2.75, 3.05) is 26.4 Å². The van der Waals surface area contributed by atoms with Crippen molar-refractivity contribution in [1.82, 2.24) is 10.2 Å². The molecule has 1 fully saturated rings. The van der Waals surface area contributed by atoms with Gasteiger partial charge in [0.25, 0.3) is 5.91 Å². The lowest BCUT2D eigenvalue weighted by atomic mass is 10.1. The van der Waals surface area contributed by atoms with Crippen LogP contribution in [0.1, 0.15) is 17.3 Å². The van der Waals surface area contributed by atoms with Crippen LogP contribution in [-0.2, 0) is 0 Å². The number of carbonyl (C=O) groups is 1. The highest BCUT2D eigenvalue weighted by Gasteiger charge is 2.29. The van der Waals surface area contributed by atoms with Gasteiger partial charge in [0.15, 0.2) is 11.5 Å². The summed E-state index contributed by atoms with van der Waals surface area (Å²) in [6.45, 7) is 4.63. The van der Waals surface area contributed by atoms with E-state index in [4.69, 9.17) is 9.47 Å². The standard InChI is InChI=1S/C13H16N2O3/c1-9-7-14-5-6-15(9)13(16)10-3-2-4-11-12(10)18-8-17-11/h2-4,9,14H,5-8H2,1H3. The summed E-state index contributed by atoms with van der Waals surface area (Å²) >= 11 is 0. The Balaban J connectivity index is 1.90. The molecule has 2 heterocycles. The van der Waals surface area contributed by atoms with Gasteiger partial charge in [0.1, 0.15) is 0 Å². The third kappa shape index (κ3) is 1.80. The van der Waals surface area contributed by atoms with Crippen molar-refractivity contribution in [3.05, 3.63) is 23.8 Å². The lowest BCUT2D eigenvalue weighted by Gasteiger charge is -2.34. The van der Waals surface area contributed by atoms with Crippen molar-refractivity contribution in [2.24, 2.45) is 0 Å². The molecule has 0 bridgehead atoms. The van der Waals surface area contributed by atoms with Crippen LogP contribution in [-0.4, -0.2) is 43.3 Å². The normalized spacial score (nSPS) is 22.1. The van der Waals surface area contributed by atoms with Gasteiger partial charge < -0.3 is 19.7 Å². The Kier molecular flexibility index (Phi) is 2.83. The molecule has 0 aromatic heterocycles. The zero-order valence-corrected chi connectivity index (χ0v) is 10.3. The minimum absolute atomic E-state index is 0.0198. The van der Waals surface area contributed by atoms with E-state index in [9.17, 15) is 4.79 Å². The van der Waals surface area contributed by atoms with E-state index < -0.39 is 0 Å². The van der Waals surface area contributed by atoms with Crippen LogP contribution in [0.5, 0.6) is 11.5 Å². The van der Waals surface area contributed by atoms with E-state index >= 15 is 0 Å². The molecule has 0 aliphatic carbocycles. The van der Waals surface area contributed by atoms with Gasteiger partial charge in [0.2, 0.25) is 6.79 Å². The van der Waals surface area contributed by atoms with E-state index in [0.29, 0.717) is 17.1 Å². The Bertz CT molecular complexity index is 475. The van der Waals surface area contributed by atoms with Crippen LogP contribution in [0.2, 0.25) is 0 Å². The Morgan fingerprint density at radius 1 is 1.44 bits per heavy atom. The number of carbonyl (C=O) groups excluding carboxylic acids is 1. The number of hydrogen-bond acceptors (Lipinski definition) is 4. The molecule has 1 saturated heterocycles. The predicted molar refractivity (Wildman–Crippen MR) is 65.9 cm³/mol. The van der Waals surface area contributed by atoms with Crippen molar-refractivity contribution in [3.8, 4) is 11.5 Å². The third-order valence-corrected chi connectivity index (χ3v) is 3.39. The topological polar surface area (TPSA) is 50.8 Å². The van der Waals surface area contributed by atoms with Crippen LogP contribution in [0.3, 0.4) is 0 Å². The van der Waals surface area contributed by atoms with Gasteiger partial charge in [0.05, 0.1) is 5.56 Å². The smallest absolute Gasteiger partial charge is 0.258 e. The van der Waals surface area contributed by atoms with Crippen LogP contribution in [0.4, 0.5) is 0 Å². The van der Waals surface area contributed by atoms with Crippen molar-refractivity contribution in [2.45, 2.75) is 13.0 Å². The minimum atomic E-state index is 0.0198. The SMILES string of the molecule is CC1CNCCN1C(=O)c1cccc2c1OCO2. The first-order valence-corrected chi connectivity index (χ1v) is 6.17. The minimum Gasteiger partial charge on any atom is -0.454 e. The highest BCUT2D eigenvalue weighted by Crippen LogP contribution is 2.36. The van der Waals surface area contributed by atoms with Gasteiger partial charge in [-0.15, -0.1) is 0 Å². The first kappa shape index (κ1) is 11.3. The molecule has 2 aliphatic heterocycles. The molecule has 3 rings (SSSR count). The number of piperazine rings is 1. The number of hydrogen-bond donors (Lipinski definition) is 1. The summed E-state index contributed by atoms with van der Waals surface area (Å²) in [5.74, 6) is 1.25. The summed E-state index contributed by atoms with van der Waals surface area (Å²) in [6, 6.07) is 5.64. The largest absolute Gasteiger partial charge is 0.454 e. The summed E-state index contributed by atoms with van der Waals surface area (Å²) in [6.07, 6.45) is 0. The molecule has 0 spiro atoms. The summed E-state index contributed by atoms with van der Waals surface area (Å²) in [5, 5.41) is 3.27. The zero-order chi connectivity index (χ0) is 12.5. The molecule has 1 N–H and O–H groups in total. The predicted octanol–water partition coefficient (Wildman–Crippen LogP) is 0.849. The van der Waals surface area contributed by atoms with Crippen LogP contribution in [0.25, 0.3) is 0 Å². The van der Waals surface area contributed by atoms with Crippen LogP contribution in [0.15, 0.2) is 18.2 Å². The van der Waals surface area contributed by atoms with Gasteiger partial charge in [-0.1, -0.05) is 6.07 Å². The van der Waals surface area contributed by atoms with Crippen molar-refractivity contribution < 1.29 is 14.3 Å². The highest BCUT2D eigenvalue weighted by molar-refractivity contribution is 5.98. The maximum Gasteiger partial charge on any atom is 0.258 e. The Morgan fingerprint density at radius 2 is 2.33 bits per heavy atom. The number of rotatable bonds is 1. The van der Waals surface area contributed by atoms with Crippen molar-refractivity contribution >= 4 is 5.91 Å². The van der Waals surface area contributed by atoms with E-state index in [1.54, 1.807) is 6.07 Å². The molecule has 5 nitrogen and oxygen atoms in total. The fourth-order valence-electron chi connectivity index (χ4n) is 2.40. The molecule has 1 amide bonds. The van der Waals surface area contributed by atoms with E-state index in [-0.39, 0.29) is 18.7 Å². The van der Waals surface area contributed by atoms with Gasteiger partial charge in [0, 0.05) is 25.7 Å². The van der Waals surface area contributed by atoms with Crippen molar-refractivity contribution in [3.63, 3.8) is 0 Å². The molecular weight excluding hydrogens is 232 g/mol. The van der Waals surface area contributed by atoms with E-state index in [1.807, 2.05) is 24.0 Å². The van der Waals surface area contributed by atoms with Crippen LogP contribution < -0.4 is 14.8 Å². The Labute approximate surface area is 106 Å². The summed E-state index contributed by atoms with van der Waals surface area (Å²) in [7, 11) is 0. The maximum absolute atomic E-state index is 12.5. The van der Waals surface area contributed by atoms with Gasteiger partial charge >= 0.3 is 0 Å². The second kappa shape index (κ2) is 4.49. The van der Waals surface area contributed by atoms with E-state index in [1.165, 1.54) is 0 Å². The van der Waals surface area contributed by atoms with Crippen molar-refractivity contribution in [1.29, 1.82) is 0 Å². The fraction of sp³-hybridized carbons (Fsp3) is 0.462. The second-order valence-corrected chi connectivity index (χ2v) is 4.59. The quantitative estimate of drug-likeness (QED) is 0.800. The lowest BCUT2D eigenvalue weighted by molar-refractivity contribution is 0.0651. The lowest BCUT2D eigenvalue weighted by Crippen LogP contribution is -2.52. The third-order valence-electron chi connectivity index (χ3n) is 3.39. The Morgan fingerprint density at radius 3 is 3.17 bits per heavy atom. The fourth-order valence-corrected chi connectivity index (χ4v) is 2.40. The molecule has 1 aromatic rings. The van der Waals surface area contributed by atoms with Gasteiger partial charge in [-0.3, -0.25) is 4.79 Å². The zero-order valence-electron chi connectivity index (χ0n) is 10.3. The number of nitrogens with zero attached hydrogens (tertiary/aromatic N) is 1. The summed E-state index contributed by atoms with van der Waals surface area (Å²) in [4.78, 5) is 14.4. The number of ether oxygens (including phenoxy) is 2. The van der Waals surface area contributed by atoms with E-state index in [0.717, 1.165) is 19.6 Å². The molecular formula is C13H16N2O3. The molecule has 1 unspecified atom stereocenters.